The van der Waals surface area contributed by atoms with E-state index in [1.54, 1.807) is 11.3 Å². The highest BCUT2D eigenvalue weighted by atomic mass is 32.1. The molecule has 74 valence electrons. The Balaban J connectivity index is 2.28. The second kappa shape index (κ2) is 3.59. The van der Waals surface area contributed by atoms with E-state index in [2.05, 4.69) is 0 Å². The maximum atomic E-state index is 9.94. The zero-order valence-electron chi connectivity index (χ0n) is 8.15. The van der Waals surface area contributed by atoms with Crippen molar-refractivity contribution in [3.05, 3.63) is 45.5 Å². The Hall–Kier alpha value is -1.06. The van der Waals surface area contributed by atoms with Crippen LogP contribution in [0.2, 0.25) is 0 Å². The molecule has 0 saturated heterocycles. The summed E-state index contributed by atoms with van der Waals surface area (Å²) in [5, 5.41) is 9.94. The minimum atomic E-state index is -0.623. The number of furan rings is 1. The van der Waals surface area contributed by atoms with Gasteiger partial charge in [-0.05, 0) is 38.1 Å². The third-order valence-electron chi connectivity index (χ3n) is 2.06. The van der Waals surface area contributed by atoms with Gasteiger partial charge in [-0.3, -0.25) is 0 Å². The van der Waals surface area contributed by atoms with Gasteiger partial charge in [-0.2, -0.15) is 0 Å². The molecule has 1 atom stereocenters. The highest BCUT2D eigenvalue weighted by Gasteiger charge is 2.15. The van der Waals surface area contributed by atoms with Gasteiger partial charge in [0, 0.05) is 9.75 Å². The number of hydrogen-bond donors (Lipinski definition) is 1. The lowest BCUT2D eigenvalue weighted by Gasteiger charge is -2.03. The largest absolute Gasteiger partial charge is 0.463 e. The van der Waals surface area contributed by atoms with Crippen molar-refractivity contribution in [3.63, 3.8) is 0 Å². The number of aliphatic hydroxyl groups is 1. The minimum absolute atomic E-state index is 0.615. The van der Waals surface area contributed by atoms with Gasteiger partial charge in [0.05, 0.1) is 0 Å². The summed E-state index contributed by atoms with van der Waals surface area (Å²) in [7, 11) is 0. The first-order valence-electron chi connectivity index (χ1n) is 4.47. The van der Waals surface area contributed by atoms with E-state index in [4.69, 9.17) is 4.42 Å². The van der Waals surface area contributed by atoms with Crippen molar-refractivity contribution in [2.24, 2.45) is 0 Å². The van der Waals surface area contributed by atoms with E-state index >= 15 is 0 Å². The van der Waals surface area contributed by atoms with Crippen LogP contribution < -0.4 is 0 Å². The maximum absolute atomic E-state index is 9.94. The summed E-state index contributed by atoms with van der Waals surface area (Å²) in [6.07, 6.45) is -0.623. The number of aryl methyl sites for hydroxylation is 2. The van der Waals surface area contributed by atoms with Crippen LogP contribution in [-0.2, 0) is 0 Å². The predicted molar refractivity (Wildman–Crippen MR) is 56.6 cm³/mol. The minimum Gasteiger partial charge on any atom is -0.463 e. The normalized spacial score (nSPS) is 13.1. The Morgan fingerprint density at radius 3 is 2.50 bits per heavy atom. The summed E-state index contributed by atoms with van der Waals surface area (Å²) in [5.41, 5.74) is 0. The standard InChI is InChI=1S/C11H12O2S/c1-7-3-5-9(13-7)11(12)10-6-4-8(2)14-10/h3-6,11-12H,1-2H3/t11-/m1/s1. The van der Waals surface area contributed by atoms with Crippen molar-refractivity contribution in [3.8, 4) is 0 Å². The summed E-state index contributed by atoms with van der Waals surface area (Å²) in [6.45, 7) is 3.89. The van der Waals surface area contributed by atoms with Gasteiger partial charge in [0.1, 0.15) is 17.6 Å². The summed E-state index contributed by atoms with van der Waals surface area (Å²) in [5.74, 6) is 1.44. The SMILES string of the molecule is Cc1ccc([C@@H](O)c2ccc(C)s2)o1. The molecule has 3 heteroatoms. The molecule has 0 unspecified atom stereocenters. The van der Waals surface area contributed by atoms with E-state index in [0.29, 0.717) is 5.76 Å². The van der Waals surface area contributed by atoms with Crippen LogP contribution in [-0.4, -0.2) is 5.11 Å². The van der Waals surface area contributed by atoms with E-state index < -0.39 is 6.10 Å². The molecule has 0 aliphatic carbocycles. The summed E-state index contributed by atoms with van der Waals surface area (Å²) < 4.78 is 5.37. The van der Waals surface area contributed by atoms with Gasteiger partial charge >= 0.3 is 0 Å². The molecule has 0 bridgehead atoms. The molecule has 2 rings (SSSR count). The Labute approximate surface area is 86.8 Å². The van der Waals surface area contributed by atoms with Crippen LogP contribution in [0.3, 0.4) is 0 Å². The molecular formula is C11H12O2S. The number of hydrogen-bond acceptors (Lipinski definition) is 3. The van der Waals surface area contributed by atoms with Crippen molar-refractivity contribution < 1.29 is 9.52 Å². The molecule has 2 nitrogen and oxygen atoms in total. The van der Waals surface area contributed by atoms with Crippen molar-refractivity contribution in [1.82, 2.24) is 0 Å². The Kier molecular flexibility index (Phi) is 2.44. The number of thiophene rings is 1. The van der Waals surface area contributed by atoms with Gasteiger partial charge < -0.3 is 9.52 Å². The van der Waals surface area contributed by atoms with E-state index in [9.17, 15) is 5.11 Å². The van der Waals surface area contributed by atoms with Gasteiger partial charge in [0.15, 0.2) is 0 Å². The highest BCUT2D eigenvalue weighted by molar-refractivity contribution is 7.12. The lowest BCUT2D eigenvalue weighted by Crippen LogP contribution is -1.93. The van der Waals surface area contributed by atoms with Gasteiger partial charge in [-0.25, -0.2) is 0 Å². The molecule has 0 aliphatic heterocycles. The van der Waals surface area contributed by atoms with Crippen LogP contribution in [0.4, 0.5) is 0 Å². The fraction of sp³-hybridized carbons (Fsp3) is 0.273. The monoisotopic (exact) mass is 208 g/mol. The van der Waals surface area contributed by atoms with E-state index in [1.165, 1.54) is 4.88 Å². The molecule has 0 saturated carbocycles. The predicted octanol–water partition coefficient (Wildman–Crippen LogP) is 3.04. The van der Waals surface area contributed by atoms with Crippen molar-refractivity contribution in [1.29, 1.82) is 0 Å². The Morgan fingerprint density at radius 2 is 2.00 bits per heavy atom. The fourth-order valence-electron chi connectivity index (χ4n) is 1.34. The molecule has 2 aromatic rings. The average Bonchev–Trinajstić information content (AvgIpc) is 2.73. The van der Waals surface area contributed by atoms with Crippen LogP contribution in [0.1, 0.15) is 27.4 Å². The van der Waals surface area contributed by atoms with E-state index in [0.717, 1.165) is 10.6 Å². The second-order valence-electron chi connectivity index (χ2n) is 3.30. The first-order valence-corrected chi connectivity index (χ1v) is 5.29. The molecule has 0 aromatic carbocycles. The average molecular weight is 208 g/mol. The molecular weight excluding hydrogens is 196 g/mol. The zero-order valence-corrected chi connectivity index (χ0v) is 8.97. The number of aliphatic hydroxyl groups excluding tert-OH is 1. The molecule has 1 N–H and O–H groups in total. The smallest absolute Gasteiger partial charge is 0.146 e. The van der Waals surface area contributed by atoms with Crippen LogP contribution in [0.25, 0.3) is 0 Å². The van der Waals surface area contributed by atoms with E-state index in [-0.39, 0.29) is 0 Å². The lowest BCUT2D eigenvalue weighted by molar-refractivity contribution is 0.191. The summed E-state index contributed by atoms with van der Waals surface area (Å²) in [4.78, 5) is 2.12. The molecule has 0 amide bonds. The molecule has 0 spiro atoms. The van der Waals surface area contributed by atoms with Gasteiger partial charge in [-0.15, -0.1) is 11.3 Å². The highest BCUT2D eigenvalue weighted by Crippen LogP contribution is 2.28. The van der Waals surface area contributed by atoms with Gasteiger partial charge in [0.2, 0.25) is 0 Å². The molecule has 0 radical (unpaired) electrons. The van der Waals surface area contributed by atoms with E-state index in [1.807, 2.05) is 38.1 Å². The molecule has 0 fully saturated rings. The quantitative estimate of drug-likeness (QED) is 0.823. The van der Waals surface area contributed by atoms with Crippen LogP contribution in [0, 0.1) is 13.8 Å². The van der Waals surface area contributed by atoms with Crippen LogP contribution in [0.15, 0.2) is 28.7 Å². The van der Waals surface area contributed by atoms with Crippen LogP contribution in [0.5, 0.6) is 0 Å². The van der Waals surface area contributed by atoms with Crippen molar-refractivity contribution >= 4 is 11.3 Å². The van der Waals surface area contributed by atoms with Crippen LogP contribution >= 0.6 is 11.3 Å². The topological polar surface area (TPSA) is 33.4 Å². The van der Waals surface area contributed by atoms with Crippen molar-refractivity contribution in [2.45, 2.75) is 20.0 Å². The first-order chi connectivity index (χ1) is 6.66. The third kappa shape index (κ3) is 1.74. The van der Waals surface area contributed by atoms with Gasteiger partial charge in [-0.1, -0.05) is 0 Å². The first kappa shape index (κ1) is 9.49. The molecule has 0 aliphatic rings. The number of rotatable bonds is 2. The maximum Gasteiger partial charge on any atom is 0.146 e. The molecule has 14 heavy (non-hydrogen) atoms. The lowest BCUT2D eigenvalue weighted by atomic mass is 10.2. The Bertz CT molecular complexity index is 388. The summed E-state index contributed by atoms with van der Waals surface area (Å²) in [6, 6.07) is 7.61. The molecule has 2 aromatic heterocycles. The fourth-order valence-corrected chi connectivity index (χ4v) is 2.21. The molecule has 2 heterocycles. The van der Waals surface area contributed by atoms with Gasteiger partial charge in [0.25, 0.3) is 0 Å². The second-order valence-corrected chi connectivity index (χ2v) is 4.62. The Morgan fingerprint density at radius 1 is 1.21 bits per heavy atom. The zero-order chi connectivity index (χ0) is 10.1. The summed E-state index contributed by atoms with van der Waals surface area (Å²) >= 11 is 1.59. The third-order valence-corrected chi connectivity index (χ3v) is 3.11. The van der Waals surface area contributed by atoms with Crippen molar-refractivity contribution in [2.75, 3.05) is 0 Å².